The highest BCUT2D eigenvalue weighted by molar-refractivity contribution is 6.02. The third kappa shape index (κ3) is 6.00. The molecule has 3 aromatic heterocycles. The van der Waals surface area contributed by atoms with E-state index in [4.69, 9.17) is 9.26 Å². The lowest BCUT2D eigenvalue weighted by Gasteiger charge is -2.18. The highest BCUT2D eigenvalue weighted by atomic mass is 19.1. The first kappa shape index (κ1) is 26.6. The maximum atomic E-state index is 14.9. The number of carbonyl (C=O) groups excluding carboxylic acids is 1. The van der Waals surface area contributed by atoms with Crippen molar-refractivity contribution in [2.24, 2.45) is 0 Å². The van der Waals surface area contributed by atoms with Crippen LogP contribution in [0.4, 0.5) is 20.6 Å². The van der Waals surface area contributed by atoms with Crippen molar-refractivity contribution in [1.82, 2.24) is 19.9 Å². The molecule has 2 aromatic carbocycles. The second kappa shape index (κ2) is 11.0. The van der Waals surface area contributed by atoms with E-state index >= 15 is 0 Å². The molecule has 10 nitrogen and oxygen atoms in total. The van der Waals surface area contributed by atoms with Gasteiger partial charge in [-0.15, -0.1) is 0 Å². The molecule has 3 heterocycles. The lowest BCUT2D eigenvalue weighted by atomic mass is 10.1. The Morgan fingerprint density at radius 2 is 1.85 bits per heavy atom. The fourth-order valence-corrected chi connectivity index (χ4v) is 3.88. The van der Waals surface area contributed by atoms with E-state index in [9.17, 15) is 14.3 Å². The van der Waals surface area contributed by atoms with Gasteiger partial charge in [-0.3, -0.25) is 9.67 Å². The van der Waals surface area contributed by atoms with Crippen LogP contribution in [-0.2, 0) is 12.1 Å². The number of nitrogens with one attached hydrogen (secondary N) is 2. The van der Waals surface area contributed by atoms with Crippen molar-refractivity contribution in [2.75, 3.05) is 10.6 Å². The second-order valence-corrected chi connectivity index (χ2v) is 9.98. The number of hydrogen-bond donors (Lipinski definition) is 3. The van der Waals surface area contributed by atoms with E-state index in [2.05, 4.69) is 25.9 Å². The summed E-state index contributed by atoms with van der Waals surface area (Å²) >= 11 is 0. The van der Waals surface area contributed by atoms with Crippen molar-refractivity contribution in [3.63, 3.8) is 0 Å². The van der Waals surface area contributed by atoms with Crippen LogP contribution in [0.1, 0.15) is 26.3 Å². The fraction of sp³-hybridized carbons (Fsp3) is 0.172. The van der Waals surface area contributed by atoms with Gasteiger partial charge in [-0.05, 0) is 50.6 Å². The number of aromatic nitrogens is 4. The molecule has 0 aliphatic rings. The molecule has 11 heteroatoms. The van der Waals surface area contributed by atoms with Crippen LogP contribution in [-0.4, -0.2) is 31.1 Å². The average Bonchev–Trinajstić information content (AvgIpc) is 3.61. The van der Waals surface area contributed by atoms with Gasteiger partial charge in [0.05, 0.1) is 41.0 Å². The maximum absolute atomic E-state index is 14.9. The third-order valence-corrected chi connectivity index (χ3v) is 5.92. The molecule has 3 N–H and O–H groups in total. The summed E-state index contributed by atoms with van der Waals surface area (Å²) in [6.45, 7) is 5.83. The molecule has 0 spiro atoms. The minimum atomic E-state index is -0.678. The molecule has 5 rings (SSSR count). The Hall–Kier alpha value is -5.03. The van der Waals surface area contributed by atoms with Gasteiger partial charge in [0.2, 0.25) is 0 Å². The number of nitrogens with zero attached hydrogens (tertiary/aromatic N) is 4. The summed E-state index contributed by atoms with van der Waals surface area (Å²) in [7, 11) is 0. The zero-order chi connectivity index (χ0) is 28.3. The summed E-state index contributed by atoms with van der Waals surface area (Å²) in [6.07, 6.45) is 6.27. The molecule has 0 fully saturated rings. The second-order valence-electron chi connectivity index (χ2n) is 9.98. The van der Waals surface area contributed by atoms with Gasteiger partial charge in [-0.1, -0.05) is 23.4 Å². The zero-order valence-corrected chi connectivity index (χ0v) is 22.1. The van der Waals surface area contributed by atoms with Crippen molar-refractivity contribution in [1.29, 1.82) is 0 Å². The molecule has 0 radical (unpaired) electrons. The van der Waals surface area contributed by atoms with Crippen LogP contribution in [0.5, 0.6) is 11.5 Å². The number of halogens is 1. The van der Waals surface area contributed by atoms with Crippen molar-refractivity contribution in [3.05, 3.63) is 90.8 Å². The number of ether oxygens (including phenoxy) is 1. The number of aliphatic hydroxyl groups is 1. The Morgan fingerprint density at radius 1 is 1.05 bits per heavy atom. The maximum Gasteiger partial charge on any atom is 0.323 e. The molecule has 5 aromatic rings. The Labute approximate surface area is 229 Å². The molecule has 0 atom stereocenters. The SMILES string of the molecule is CC(C)(C)n1cc(NC(=O)Nc2ccc(Oc3ccnc(-c4cnoc4)c3)cc2F)c(-c2cccc(CO)c2)n1. The van der Waals surface area contributed by atoms with Crippen LogP contribution in [0.15, 0.2) is 84.0 Å². The van der Waals surface area contributed by atoms with Crippen molar-refractivity contribution in [3.8, 4) is 34.0 Å². The number of carbonyl (C=O) groups is 1. The number of anilines is 2. The number of amides is 2. The lowest BCUT2D eigenvalue weighted by Crippen LogP contribution is -2.22. The minimum Gasteiger partial charge on any atom is -0.457 e. The number of aliphatic hydroxyl groups excluding tert-OH is 1. The normalized spacial score (nSPS) is 11.3. The highest BCUT2D eigenvalue weighted by Gasteiger charge is 2.21. The fourth-order valence-electron chi connectivity index (χ4n) is 3.88. The van der Waals surface area contributed by atoms with E-state index in [1.807, 2.05) is 26.8 Å². The Bertz CT molecular complexity index is 1640. The van der Waals surface area contributed by atoms with Crippen LogP contribution in [0.3, 0.4) is 0 Å². The number of benzene rings is 2. The Morgan fingerprint density at radius 3 is 2.58 bits per heavy atom. The minimum absolute atomic E-state index is 0.0308. The van der Waals surface area contributed by atoms with Crippen LogP contribution < -0.4 is 15.4 Å². The number of urea groups is 1. The largest absolute Gasteiger partial charge is 0.457 e. The van der Waals surface area contributed by atoms with Gasteiger partial charge in [0.15, 0.2) is 0 Å². The standard InChI is InChI=1S/C29H27FN6O4/c1-29(2,3)36-15-26(27(35-36)19-6-4-5-18(11-19)16-37)34-28(38)33-24-8-7-21(12-23(24)30)40-22-9-10-31-25(13-22)20-14-32-39-17-20/h4-15,17,37H,16H2,1-3H3,(H2,33,34,38). The molecular weight excluding hydrogens is 515 g/mol. The van der Waals surface area contributed by atoms with Gasteiger partial charge < -0.3 is 25.0 Å². The van der Waals surface area contributed by atoms with Gasteiger partial charge in [-0.25, -0.2) is 9.18 Å². The van der Waals surface area contributed by atoms with E-state index in [-0.39, 0.29) is 23.6 Å². The monoisotopic (exact) mass is 542 g/mol. The van der Waals surface area contributed by atoms with E-state index in [0.29, 0.717) is 34.0 Å². The van der Waals surface area contributed by atoms with Gasteiger partial charge in [0.1, 0.15) is 29.3 Å². The van der Waals surface area contributed by atoms with E-state index < -0.39 is 11.8 Å². The predicted octanol–water partition coefficient (Wildman–Crippen LogP) is 6.42. The summed E-state index contributed by atoms with van der Waals surface area (Å²) in [4.78, 5) is 17.2. The van der Waals surface area contributed by atoms with Crippen LogP contribution >= 0.6 is 0 Å². The number of pyridine rings is 1. The third-order valence-electron chi connectivity index (χ3n) is 5.92. The van der Waals surface area contributed by atoms with E-state index in [1.165, 1.54) is 24.6 Å². The molecule has 40 heavy (non-hydrogen) atoms. The first-order chi connectivity index (χ1) is 19.2. The summed E-state index contributed by atoms with van der Waals surface area (Å²) in [6, 6.07) is 14.1. The summed E-state index contributed by atoms with van der Waals surface area (Å²) in [5.74, 6) is 0.00311. The Balaban J connectivity index is 1.32. The summed E-state index contributed by atoms with van der Waals surface area (Å²) < 4.78 is 27.3. The molecule has 0 saturated heterocycles. The number of rotatable bonds is 7. The van der Waals surface area contributed by atoms with Crippen LogP contribution in [0, 0.1) is 5.82 Å². The topological polar surface area (TPSA) is 127 Å². The lowest BCUT2D eigenvalue weighted by molar-refractivity contribution is 0.262. The van der Waals surface area contributed by atoms with Gasteiger partial charge >= 0.3 is 6.03 Å². The van der Waals surface area contributed by atoms with Crippen molar-refractivity contribution >= 4 is 17.4 Å². The first-order valence-corrected chi connectivity index (χ1v) is 12.4. The van der Waals surface area contributed by atoms with Crippen molar-refractivity contribution in [2.45, 2.75) is 32.9 Å². The predicted molar refractivity (Wildman–Crippen MR) is 147 cm³/mol. The summed E-state index contributed by atoms with van der Waals surface area (Å²) in [5, 5.41) is 23.2. The molecule has 0 saturated carbocycles. The van der Waals surface area contributed by atoms with Crippen LogP contribution in [0.2, 0.25) is 0 Å². The zero-order valence-electron chi connectivity index (χ0n) is 22.1. The van der Waals surface area contributed by atoms with Gasteiger partial charge in [0, 0.05) is 30.1 Å². The molecule has 0 bridgehead atoms. The molecule has 204 valence electrons. The molecule has 0 aliphatic carbocycles. The number of hydrogen-bond acceptors (Lipinski definition) is 7. The Kier molecular flexibility index (Phi) is 7.30. The first-order valence-electron chi connectivity index (χ1n) is 12.4. The van der Waals surface area contributed by atoms with Gasteiger partial charge in [0.25, 0.3) is 0 Å². The smallest absolute Gasteiger partial charge is 0.323 e. The van der Waals surface area contributed by atoms with Crippen LogP contribution in [0.25, 0.3) is 22.5 Å². The molecular formula is C29H27FN6O4. The molecule has 0 aliphatic heterocycles. The quantitative estimate of drug-likeness (QED) is 0.216. The average molecular weight is 543 g/mol. The van der Waals surface area contributed by atoms with E-state index in [0.717, 1.165) is 5.56 Å². The highest BCUT2D eigenvalue weighted by Crippen LogP contribution is 2.31. The molecule has 2 amide bonds. The molecule has 0 unspecified atom stereocenters. The van der Waals surface area contributed by atoms with Crippen molar-refractivity contribution < 1.29 is 23.6 Å². The summed E-state index contributed by atoms with van der Waals surface area (Å²) in [5.41, 5.74) is 3.27. The van der Waals surface area contributed by atoms with E-state index in [1.54, 1.807) is 53.5 Å². The van der Waals surface area contributed by atoms with Gasteiger partial charge in [-0.2, -0.15) is 5.10 Å².